The van der Waals surface area contributed by atoms with Gasteiger partial charge in [0.1, 0.15) is 0 Å². The molecule has 0 amide bonds. The quantitative estimate of drug-likeness (QED) is 0.722. The van der Waals surface area contributed by atoms with Crippen LogP contribution in [0.1, 0.15) is 19.8 Å². The lowest BCUT2D eigenvalue weighted by molar-refractivity contribution is 0.0108. The zero-order chi connectivity index (χ0) is 13.9. The predicted octanol–water partition coefficient (Wildman–Crippen LogP) is -0.579. The number of aliphatic hydroxyl groups excluding tert-OH is 1. The highest BCUT2D eigenvalue weighted by Gasteiger charge is 2.34. The molecule has 0 spiro atoms. The van der Waals surface area contributed by atoms with E-state index in [1.54, 1.807) is 0 Å². The van der Waals surface area contributed by atoms with Crippen LogP contribution in [0.2, 0.25) is 0 Å². The molecule has 3 rings (SSSR count). The Kier molecular flexibility index (Phi) is 4.94. The van der Waals surface area contributed by atoms with Crippen molar-refractivity contribution in [2.75, 3.05) is 58.9 Å². The van der Waals surface area contributed by atoms with Crippen molar-refractivity contribution in [1.29, 1.82) is 0 Å². The molecular weight excluding hydrogens is 252 g/mol. The number of β-amino-alcohol motifs (C(OH)–C–C–N with tert-alkyl or cyclic N) is 1. The largest absolute Gasteiger partial charge is 0.390 e. The van der Waals surface area contributed by atoms with Crippen molar-refractivity contribution in [1.82, 2.24) is 20.0 Å². The van der Waals surface area contributed by atoms with Crippen molar-refractivity contribution in [2.45, 2.75) is 38.0 Å². The zero-order valence-electron chi connectivity index (χ0n) is 12.8. The van der Waals surface area contributed by atoms with E-state index in [4.69, 9.17) is 0 Å². The minimum absolute atomic E-state index is 0.205. The standard InChI is InChI=1S/C15H30N4O/c1-13-9-18-6-2-3-14(18)10-19(13)12-15(20)11-17-7-4-16-5-8-17/h13-16,20H,2-12H2,1H3. The lowest BCUT2D eigenvalue weighted by Crippen LogP contribution is -2.57. The van der Waals surface area contributed by atoms with E-state index in [2.05, 4.69) is 26.9 Å². The lowest BCUT2D eigenvalue weighted by Gasteiger charge is -2.43. The molecule has 5 nitrogen and oxygen atoms in total. The molecule has 116 valence electrons. The van der Waals surface area contributed by atoms with Crippen molar-refractivity contribution in [3.8, 4) is 0 Å². The van der Waals surface area contributed by atoms with Crippen molar-refractivity contribution in [3.63, 3.8) is 0 Å². The van der Waals surface area contributed by atoms with Crippen LogP contribution in [0.5, 0.6) is 0 Å². The Bertz CT molecular complexity index is 308. The monoisotopic (exact) mass is 282 g/mol. The summed E-state index contributed by atoms with van der Waals surface area (Å²) in [6.45, 7) is 11.9. The van der Waals surface area contributed by atoms with Gasteiger partial charge in [0, 0.05) is 64.4 Å². The lowest BCUT2D eigenvalue weighted by atomic mass is 10.1. The van der Waals surface area contributed by atoms with Gasteiger partial charge in [-0.25, -0.2) is 0 Å². The third kappa shape index (κ3) is 3.52. The molecule has 3 saturated heterocycles. The Labute approximate surface area is 122 Å². The van der Waals surface area contributed by atoms with Gasteiger partial charge in [-0.3, -0.25) is 14.7 Å². The molecule has 3 aliphatic heterocycles. The number of hydrogen-bond donors (Lipinski definition) is 2. The van der Waals surface area contributed by atoms with Gasteiger partial charge >= 0.3 is 0 Å². The van der Waals surface area contributed by atoms with Crippen LogP contribution >= 0.6 is 0 Å². The SMILES string of the molecule is CC1CN2CCCC2CN1CC(O)CN1CCNCC1. The summed E-state index contributed by atoms with van der Waals surface area (Å²) in [5, 5.41) is 13.8. The van der Waals surface area contributed by atoms with Crippen LogP contribution in [0.3, 0.4) is 0 Å². The fourth-order valence-corrected chi connectivity index (χ4v) is 4.02. The summed E-state index contributed by atoms with van der Waals surface area (Å²) in [5.74, 6) is 0. The topological polar surface area (TPSA) is 42.0 Å². The van der Waals surface area contributed by atoms with E-state index in [0.29, 0.717) is 6.04 Å². The second-order valence-electron chi connectivity index (χ2n) is 6.80. The van der Waals surface area contributed by atoms with E-state index < -0.39 is 0 Å². The van der Waals surface area contributed by atoms with Gasteiger partial charge < -0.3 is 10.4 Å². The summed E-state index contributed by atoms with van der Waals surface area (Å²) < 4.78 is 0. The van der Waals surface area contributed by atoms with Crippen LogP contribution in [-0.4, -0.2) is 96.9 Å². The first-order valence-electron chi connectivity index (χ1n) is 8.31. The fraction of sp³-hybridized carbons (Fsp3) is 1.00. The number of rotatable bonds is 4. The third-order valence-corrected chi connectivity index (χ3v) is 5.19. The average Bonchev–Trinajstić information content (AvgIpc) is 2.87. The van der Waals surface area contributed by atoms with E-state index in [-0.39, 0.29) is 6.10 Å². The minimum Gasteiger partial charge on any atom is -0.390 e. The maximum Gasteiger partial charge on any atom is 0.0793 e. The molecule has 0 bridgehead atoms. The molecular formula is C15H30N4O. The van der Waals surface area contributed by atoms with Gasteiger partial charge in [-0.15, -0.1) is 0 Å². The van der Waals surface area contributed by atoms with Crippen LogP contribution in [0.25, 0.3) is 0 Å². The van der Waals surface area contributed by atoms with Crippen LogP contribution in [0.15, 0.2) is 0 Å². The van der Waals surface area contributed by atoms with Crippen LogP contribution in [0, 0.1) is 0 Å². The summed E-state index contributed by atoms with van der Waals surface area (Å²) in [4.78, 5) is 7.54. The van der Waals surface area contributed by atoms with Crippen molar-refractivity contribution >= 4 is 0 Å². The molecule has 0 aromatic carbocycles. The summed E-state index contributed by atoms with van der Waals surface area (Å²) in [6, 6.07) is 1.33. The van der Waals surface area contributed by atoms with Crippen molar-refractivity contribution in [2.24, 2.45) is 0 Å². The Hall–Kier alpha value is -0.200. The molecule has 3 fully saturated rings. The zero-order valence-corrected chi connectivity index (χ0v) is 12.8. The van der Waals surface area contributed by atoms with E-state index in [9.17, 15) is 5.11 Å². The highest BCUT2D eigenvalue weighted by molar-refractivity contribution is 4.91. The first-order chi connectivity index (χ1) is 9.72. The van der Waals surface area contributed by atoms with Crippen molar-refractivity contribution < 1.29 is 5.11 Å². The number of nitrogens with one attached hydrogen (secondary N) is 1. The maximum atomic E-state index is 10.4. The molecule has 3 heterocycles. The van der Waals surface area contributed by atoms with Crippen LogP contribution in [0.4, 0.5) is 0 Å². The molecule has 3 aliphatic rings. The van der Waals surface area contributed by atoms with E-state index >= 15 is 0 Å². The Morgan fingerprint density at radius 3 is 2.75 bits per heavy atom. The molecule has 3 unspecified atom stereocenters. The maximum absolute atomic E-state index is 10.4. The van der Waals surface area contributed by atoms with Gasteiger partial charge in [-0.05, 0) is 26.3 Å². The first kappa shape index (κ1) is 14.7. The number of aliphatic hydroxyl groups is 1. The number of piperazine rings is 2. The number of hydrogen-bond acceptors (Lipinski definition) is 5. The summed E-state index contributed by atoms with van der Waals surface area (Å²) >= 11 is 0. The molecule has 0 aliphatic carbocycles. The molecule has 0 aromatic rings. The second-order valence-corrected chi connectivity index (χ2v) is 6.80. The molecule has 20 heavy (non-hydrogen) atoms. The fourth-order valence-electron chi connectivity index (χ4n) is 4.02. The van der Waals surface area contributed by atoms with Crippen molar-refractivity contribution in [3.05, 3.63) is 0 Å². The van der Waals surface area contributed by atoms with Gasteiger partial charge in [-0.2, -0.15) is 0 Å². The van der Waals surface area contributed by atoms with Crippen LogP contribution in [-0.2, 0) is 0 Å². The highest BCUT2D eigenvalue weighted by atomic mass is 16.3. The summed E-state index contributed by atoms with van der Waals surface area (Å²) in [7, 11) is 0. The van der Waals surface area contributed by atoms with Gasteiger partial charge in [0.2, 0.25) is 0 Å². The molecule has 0 aromatic heterocycles. The average molecular weight is 282 g/mol. The van der Waals surface area contributed by atoms with E-state index in [1.807, 2.05) is 0 Å². The third-order valence-electron chi connectivity index (χ3n) is 5.19. The first-order valence-corrected chi connectivity index (χ1v) is 8.31. The second kappa shape index (κ2) is 6.71. The Balaban J connectivity index is 1.46. The Morgan fingerprint density at radius 2 is 1.95 bits per heavy atom. The predicted molar refractivity (Wildman–Crippen MR) is 80.9 cm³/mol. The normalized spacial score (nSPS) is 35.1. The molecule has 2 N–H and O–H groups in total. The smallest absolute Gasteiger partial charge is 0.0793 e. The Morgan fingerprint density at radius 1 is 1.15 bits per heavy atom. The molecule has 0 saturated carbocycles. The van der Waals surface area contributed by atoms with E-state index in [0.717, 1.165) is 51.9 Å². The van der Waals surface area contributed by atoms with Crippen LogP contribution < -0.4 is 5.32 Å². The number of nitrogens with zero attached hydrogens (tertiary/aromatic N) is 3. The summed E-state index contributed by atoms with van der Waals surface area (Å²) in [5.41, 5.74) is 0. The minimum atomic E-state index is -0.205. The molecule has 3 atom stereocenters. The highest BCUT2D eigenvalue weighted by Crippen LogP contribution is 2.24. The number of fused-ring (bicyclic) bond motifs is 1. The van der Waals surface area contributed by atoms with Gasteiger partial charge in [0.15, 0.2) is 0 Å². The van der Waals surface area contributed by atoms with Gasteiger partial charge in [0.05, 0.1) is 6.10 Å². The molecule has 5 heteroatoms. The van der Waals surface area contributed by atoms with Gasteiger partial charge in [-0.1, -0.05) is 0 Å². The molecule has 0 radical (unpaired) electrons. The van der Waals surface area contributed by atoms with E-state index in [1.165, 1.54) is 25.9 Å². The van der Waals surface area contributed by atoms with Gasteiger partial charge in [0.25, 0.3) is 0 Å². The summed E-state index contributed by atoms with van der Waals surface area (Å²) in [6.07, 6.45) is 2.49.